The van der Waals surface area contributed by atoms with Crippen LogP contribution in [0.15, 0.2) is 72.8 Å². The molecule has 0 aromatic heterocycles. The number of ether oxygens (including phenoxy) is 2. The predicted molar refractivity (Wildman–Crippen MR) is 149 cm³/mol. The molecule has 2 amide bonds. The Labute approximate surface area is 226 Å². The van der Waals surface area contributed by atoms with Gasteiger partial charge in [-0.3, -0.25) is 9.59 Å². The molecule has 0 bridgehead atoms. The minimum atomic E-state index is -0.621. The Balaban J connectivity index is 1.59. The molecular weight excluding hydrogens is 476 g/mol. The quantitative estimate of drug-likeness (QED) is 0.386. The number of aryl methyl sites for hydroxylation is 2. The normalized spacial score (nSPS) is 13.2. The number of fused-ring (bicyclic) bond motifs is 1. The highest BCUT2D eigenvalue weighted by atomic mass is 16.6. The van der Waals surface area contributed by atoms with Crippen LogP contribution in [0.25, 0.3) is 0 Å². The molecule has 0 saturated heterocycles. The lowest BCUT2D eigenvalue weighted by Crippen LogP contribution is -2.51. The molecule has 0 saturated carbocycles. The summed E-state index contributed by atoms with van der Waals surface area (Å²) in [5.74, 6) is 1.59. The minimum Gasteiger partial charge on any atom is -0.486 e. The number of carbonyl (C=O) groups is 2. The number of hydrogen-bond donors (Lipinski definition) is 1. The molecule has 6 nitrogen and oxygen atoms in total. The highest BCUT2D eigenvalue weighted by Crippen LogP contribution is 2.31. The van der Waals surface area contributed by atoms with Gasteiger partial charge in [0.1, 0.15) is 19.3 Å². The Morgan fingerprint density at radius 1 is 0.868 bits per heavy atom. The largest absolute Gasteiger partial charge is 0.486 e. The zero-order valence-corrected chi connectivity index (χ0v) is 22.6. The average molecular weight is 515 g/mol. The van der Waals surface area contributed by atoms with Crippen LogP contribution in [0.1, 0.15) is 42.5 Å². The summed E-state index contributed by atoms with van der Waals surface area (Å²) in [6.45, 7) is 8.16. The monoisotopic (exact) mass is 514 g/mol. The number of nitrogens with one attached hydrogen (secondary N) is 1. The molecule has 1 atom stereocenters. The fourth-order valence-corrected chi connectivity index (χ4v) is 4.62. The maximum absolute atomic E-state index is 13.9. The summed E-state index contributed by atoms with van der Waals surface area (Å²) in [6.07, 6.45) is 1.28. The van der Waals surface area contributed by atoms with Crippen molar-refractivity contribution in [3.05, 3.63) is 95.1 Å². The van der Waals surface area contributed by atoms with Gasteiger partial charge in [-0.25, -0.2) is 0 Å². The third-order valence-electron chi connectivity index (χ3n) is 6.63. The van der Waals surface area contributed by atoms with Crippen LogP contribution in [0.2, 0.25) is 0 Å². The third-order valence-corrected chi connectivity index (χ3v) is 6.63. The molecule has 3 aromatic carbocycles. The van der Waals surface area contributed by atoms with Crippen molar-refractivity contribution in [2.45, 2.75) is 52.6 Å². The highest BCUT2D eigenvalue weighted by molar-refractivity contribution is 5.88. The number of nitrogens with zero attached hydrogens (tertiary/aromatic N) is 1. The summed E-state index contributed by atoms with van der Waals surface area (Å²) in [6, 6.07) is 23.2. The van der Waals surface area contributed by atoms with Crippen molar-refractivity contribution in [3.8, 4) is 11.5 Å². The van der Waals surface area contributed by atoms with Gasteiger partial charge in [-0.1, -0.05) is 80.1 Å². The second kappa shape index (κ2) is 13.1. The van der Waals surface area contributed by atoms with Gasteiger partial charge < -0.3 is 19.7 Å². The lowest BCUT2D eigenvalue weighted by Gasteiger charge is -2.32. The zero-order chi connectivity index (χ0) is 26.9. The van der Waals surface area contributed by atoms with Gasteiger partial charge in [0.25, 0.3) is 0 Å². The first-order chi connectivity index (χ1) is 18.4. The molecular formula is C32H38N2O4. The standard InChI is InChI=1S/C32H38N2O4/c1-23(2)21-33-32(36)28(19-25-9-5-4-6-10-25)34(22-27-11-7-8-24(3)18-27)31(35)15-13-26-12-14-29-30(20-26)38-17-16-37-29/h4-12,14,18,20,23,28H,13,15-17,19,21-22H2,1-3H3,(H,33,36)/t28-/m0/s1. The van der Waals surface area contributed by atoms with E-state index in [4.69, 9.17) is 9.47 Å². The topological polar surface area (TPSA) is 67.9 Å². The van der Waals surface area contributed by atoms with Crippen molar-refractivity contribution < 1.29 is 19.1 Å². The molecule has 4 rings (SSSR count). The zero-order valence-electron chi connectivity index (χ0n) is 22.6. The molecule has 38 heavy (non-hydrogen) atoms. The molecule has 0 aliphatic carbocycles. The van der Waals surface area contributed by atoms with Crippen LogP contribution in [-0.4, -0.2) is 42.5 Å². The van der Waals surface area contributed by atoms with E-state index >= 15 is 0 Å². The summed E-state index contributed by atoms with van der Waals surface area (Å²) in [7, 11) is 0. The molecule has 1 aliphatic rings. The smallest absolute Gasteiger partial charge is 0.243 e. The molecule has 0 spiro atoms. The van der Waals surface area contributed by atoms with Gasteiger partial charge in [0.2, 0.25) is 11.8 Å². The van der Waals surface area contributed by atoms with E-state index in [1.807, 2.05) is 73.7 Å². The van der Waals surface area contributed by atoms with Crippen LogP contribution < -0.4 is 14.8 Å². The first-order valence-corrected chi connectivity index (χ1v) is 13.4. The lowest BCUT2D eigenvalue weighted by molar-refractivity contribution is -0.141. The molecule has 6 heteroatoms. The van der Waals surface area contributed by atoms with Crippen molar-refractivity contribution in [1.82, 2.24) is 10.2 Å². The molecule has 1 heterocycles. The van der Waals surface area contributed by atoms with Crippen LogP contribution in [-0.2, 0) is 29.0 Å². The first-order valence-electron chi connectivity index (χ1n) is 13.4. The van der Waals surface area contributed by atoms with E-state index in [1.165, 1.54) is 0 Å². The van der Waals surface area contributed by atoms with E-state index in [1.54, 1.807) is 4.90 Å². The van der Waals surface area contributed by atoms with Gasteiger partial charge in [-0.05, 0) is 48.1 Å². The van der Waals surface area contributed by atoms with Crippen LogP contribution in [0, 0.1) is 12.8 Å². The van der Waals surface area contributed by atoms with Crippen LogP contribution in [0.3, 0.4) is 0 Å². The number of hydrogen-bond acceptors (Lipinski definition) is 4. The Bertz CT molecular complexity index is 1230. The van der Waals surface area contributed by atoms with Crippen molar-refractivity contribution in [2.75, 3.05) is 19.8 Å². The SMILES string of the molecule is Cc1cccc(CN(C(=O)CCc2ccc3c(c2)OCCO3)[C@@H](Cc2ccccc2)C(=O)NCC(C)C)c1. The van der Waals surface area contributed by atoms with Gasteiger partial charge in [-0.15, -0.1) is 0 Å². The van der Waals surface area contributed by atoms with Crippen LogP contribution in [0.4, 0.5) is 0 Å². The van der Waals surface area contributed by atoms with Gasteiger partial charge in [0, 0.05) is 25.9 Å². The second-order valence-corrected chi connectivity index (χ2v) is 10.3. The fourth-order valence-electron chi connectivity index (χ4n) is 4.62. The van der Waals surface area contributed by atoms with E-state index in [9.17, 15) is 9.59 Å². The fraction of sp³-hybridized carbons (Fsp3) is 0.375. The molecule has 200 valence electrons. The Morgan fingerprint density at radius 3 is 2.34 bits per heavy atom. The lowest BCUT2D eigenvalue weighted by atomic mass is 10.0. The van der Waals surface area contributed by atoms with E-state index in [2.05, 4.69) is 25.2 Å². The summed E-state index contributed by atoms with van der Waals surface area (Å²) in [4.78, 5) is 29.2. The summed E-state index contributed by atoms with van der Waals surface area (Å²) in [5.41, 5.74) is 4.15. The molecule has 1 N–H and O–H groups in total. The Kier molecular flexibility index (Phi) is 9.41. The summed E-state index contributed by atoms with van der Waals surface area (Å²) < 4.78 is 11.3. The Hall–Kier alpha value is -3.80. The average Bonchev–Trinajstić information content (AvgIpc) is 2.92. The maximum atomic E-state index is 13.9. The predicted octanol–water partition coefficient (Wildman–Crippen LogP) is 5.11. The van der Waals surface area contributed by atoms with Crippen molar-refractivity contribution in [1.29, 1.82) is 0 Å². The van der Waals surface area contributed by atoms with Crippen molar-refractivity contribution in [2.24, 2.45) is 5.92 Å². The summed E-state index contributed by atoms with van der Waals surface area (Å²) >= 11 is 0. The van der Waals surface area contributed by atoms with E-state index in [0.29, 0.717) is 50.8 Å². The summed E-state index contributed by atoms with van der Waals surface area (Å²) in [5, 5.41) is 3.08. The van der Waals surface area contributed by atoms with Gasteiger partial charge in [0.05, 0.1) is 0 Å². The van der Waals surface area contributed by atoms with Crippen molar-refractivity contribution >= 4 is 11.8 Å². The van der Waals surface area contributed by atoms with Gasteiger partial charge in [-0.2, -0.15) is 0 Å². The van der Waals surface area contributed by atoms with E-state index in [-0.39, 0.29) is 18.2 Å². The molecule has 0 unspecified atom stereocenters. The molecule has 0 fully saturated rings. The van der Waals surface area contributed by atoms with Crippen molar-refractivity contribution in [3.63, 3.8) is 0 Å². The van der Waals surface area contributed by atoms with Crippen LogP contribution in [0.5, 0.6) is 11.5 Å². The third kappa shape index (κ3) is 7.60. The molecule has 0 radical (unpaired) electrons. The molecule has 1 aliphatic heterocycles. The van der Waals surface area contributed by atoms with Crippen LogP contribution >= 0.6 is 0 Å². The minimum absolute atomic E-state index is 0.0537. The van der Waals surface area contributed by atoms with Gasteiger partial charge in [0.15, 0.2) is 11.5 Å². The first kappa shape index (κ1) is 27.2. The number of carbonyl (C=O) groups excluding carboxylic acids is 2. The van der Waals surface area contributed by atoms with E-state index < -0.39 is 6.04 Å². The number of rotatable bonds is 11. The maximum Gasteiger partial charge on any atom is 0.243 e. The Morgan fingerprint density at radius 2 is 1.61 bits per heavy atom. The number of benzene rings is 3. The van der Waals surface area contributed by atoms with Gasteiger partial charge >= 0.3 is 0 Å². The highest BCUT2D eigenvalue weighted by Gasteiger charge is 2.30. The second-order valence-electron chi connectivity index (χ2n) is 10.3. The molecule has 3 aromatic rings. The van der Waals surface area contributed by atoms with E-state index in [0.717, 1.165) is 28.0 Å². The number of amides is 2.